The minimum absolute atomic E-state index is 0.0136. The minimum atomic E-state index is -0.0588. The number of hydrogen-bond donors (Lipinski definition) is 1. The van der Waals surface area contributed by atoms with Crippen molar-refractivity contribution in [2.45, 2.75) is 19.1 Å². The number of nitrogens with one attached hydrogen (secondary N) is 1. The van der Waals surface area contributed by atoms with Gasteiger partial charge in [-0.05, 0) is 38.1 Å². The van der Waals surface area contributed by atoms with Gasteiger partial charge in [0, 0.05) is 0 Å². The number of benzene rings is 1. The van der Waals surface area contributed by atoms with Crippen LogP contribution in [0.2, 0.25) is 0 Å². The molecular weight excluding hydrogens is 236 g/mol. The number of rotatable bonds is 3. The summed E-state index contributed by atoms with van der Waals surface area (Å²) in [4.78, 5) is 15.6. The van der Waals surface area contributed by atoms with E-state index in [1.54, 1.807) is 0 Å². The Morgan fingerprint density at radius 3 is 2.65 bits per heavy atom. The molecule has 1 heterocycles. The van der Waals surface area contributed by atoms with Crippen molar-refractivity contribution < 1.29 is 9.53 Å². The second-order valence-corrected chi connectivity index (χ2v) is 4.92. The van der Waals surface area contributed by atoms with E-state index in [0.717, 1.165) is 11.4 Å². The fraction of sp³-hybridized carbons (Fsp3) is 0.333. The molecule has 4 nitrogen and oxygen atoms in total. The van der Waals surface area contributed by atoms with E-state index in [-0.39, 0.29) is 11.2 Å². The molecule has 5 heteroatoms. The summed E-state index contributed by atoms with van der Waals surface area (Å²) in [5, 5.41) is 3.33. The van der Waals surface area contributed by atoms with Crippen molar-refractivity contribution in [1.82, 2.24) is 5.32 Å². The lowest BCUT2D eigenvalue weighted by Gasteiger charge is -2.02. The molecule has 1 fully saturated rings. The number of hydrogen-bond acceptors (Lipinski definition) is 4. The molecule has 0 spiro atoms. The van der Waals surface area contributed by atoms with Crippen LogP contribution in [0.4, 0.5) is 5.69 Å². The van der Waals surface area contributed by atoms with Crippen LogP contribution >= 0.6 is 11.8 Å². The highest BCUT2D eigenvalue weighted by molar-refractivity contribution is 8.15. The molecule has 0 saturated carbocycles. The number of carbonyl (C=O) groups is 1. The molecule has 0 aliphatic carbocycles. The summed E-state index contributed by atoms with van der Waals surface area (Å²) >= 11 is 1.44. The smallest absolute Gasteiger partial charge is 0.239 e. The summed E-state index contributed by atoms with van der Waals surface area (Å²) in [7, 11) is 0. The van der Waals surface area contributed by atoms with Crippen LogP contribution in [0.5, 0.6) is 5.75 Å². The van der Waals surface area contributed by atoms with Crippen molar-refractivity contribution in [3.05, 3.63) is 24.3 Å². The molecule has 1 aliphatic rings. The number of carbonyl (C=O) groups excluding carboxylic acids is 1. The van der Waals surface area contributed by atoms with Crippen LogP contribution in [0.15, 0.2) is 29.3 Å². The molecule has 1 aromatic carbocycles. The van der Waals surface area contributed by atoms with Crippen molar-refractivity contribution in [3.8, 4) is 5.75 Å². The fourth-order valence-electron chi connectivity index (χ4n) is 1.41. The first-order valence-corrected chi connectivity index (χ1v) is 6.36. The third-order valence-corrected chi connectivity index (χ3v) is 3.25. The molecule has 0 radical (unpaired) electrons. The lowest BCUT2D eigenvalue weighted by atomic mass is 10.3. The van der Waals surface area contributed by atoms with Gasteiger partial charge in [-0.1, -0.05) is 11.8 Å². The Morgan fingerprint density at radius 2 is 2.12 bits per heavy atom. The monoisotopic (exact) mass is 250 g/mol. The summed E-state index contributed by atoms with van der Waals surface area (Å²) < 4.78 is 5.34. The third-order valence-electron chi connectivity index (χ3n) is 2.27. The summed E-state index contributed by atoms with van der Waals surface area (Å²) in [6.45, 7) is 4.46. The van der Waals surface area contributed by atoms with Crippen molar-refractivity contribution in [2.24, 2.45) is 4.99 Å². The molecule has 1 atom stereocenters. The molecule has 90 valence electrons. The maximum Gasteiger partial charge on any atom is 0.239 e. The number of nitrogens with zero attached hydrogens (tertiary/aromatic N) is 1. The minimum Gasteiger partial charge on any atom is -0.494 e. The number of ether oxygens (including phenoxy) is 1. The maximum atomic E-state index is 11.3. The van der Waals surface area contributed by atoms with Gasteiger partial charge in [0.1, 0.15) is 5.75 Å². The summed E-state index contributed by atoms with van der Waals surface area (Å²) in [5.74, 6) is 0.840. The van der Waals surface area contributed by atoms with E-state index in [4.69, 9.17) is 4.74 Å². The summed E-state index contributed by atoms with van der Waals surface area (Å²) in [5.41, 5.74) is 0.811. The summed E-state index contributed by atoms with van der Waals surface area (Å²) in [6, 6.07) is 7.48. The fourth-order valence-corrected chi connectivity index (χ4v) is 2.23. The van der Waals surface area contributed by atoms with E-state index in [1.165, 1.54) is 11.8 Å². The van der Waals surface area contributed by atoms with Gasteiger partial charge >= 0.3 is 0 Å². The Bertz CT molecular complexity index is 442. The Balaban J connectivity index is 2.08. The van der Waals surface area contributed by atoms with Crippen molar-refractivity contribution in [1.29, 1.82) is 0 Å². The quantitative estimate of drug-likeness (QED) is 0.895. The average Bonchev–Trinajstić information content (AvgIpc) is 2.61. The van der Waals surface area contributed by atoms with Crippen molar-refractivity contribution in [2.75, 3.05) is 6.61 Å². The van der Waals surface area contributed by atoms with Gasteiger partial charge in [0.25, 0.3) is 0 Å². The maximum absolute atomic E-state index is 11.3. The van der Waals surface area contributed by atoms with Gasteiger partial charge in [-0.3, -0.25) is 4.79 Å². The van der Waals surface area contributed by atoms with Gasteiger partial charge < -0.3 is 10.1 Å². The standard InChI is InChI=1S/C12H14N2O2S/c1-3-16-10-6-4-9(5-7-10)13-12-14-11(15)8(2)17-12/h4-8H,3H2,1-2H3,(H,13,14,15). The first-order valence-electron chi connectivity index (χ1n) is 5.48. The molecule has 2 rings (SSSR count). The van der Waals surface area contributed by atoms with Crippen LogP contribution in [0.3, 0.4) is 0 Å². The molecule has 1 saturated heterocycles. The van der Waals surface area contributed by atoms with Gasteiger partial charge in [-0.15, -0.1) is 0 Å². The van der Waals surface area contributed by atoms with E-state index < -0.39 is 0 Å². The van der Waals surface area contributed by atoms with Gasteiger partial charge in [0.2, 0.25) is 5.91 Å². The first kappa shape index (κ1) is 12.0. The van der Waals surface area contributed by atoms with Crippen molar-refractivity contribution in [3.63, 3.8) is 0 Å². The number of amidine groups is 1. The van der Waals surface area contributed by atoms with E-state index in [2.05, 4.69) is 10.3 Å². The largest absolute Gasteiger partial charge is 0.494 e. The molecule has 1 amide bonds. The van der Waals surface area contributed by atoms with E-state index >= 15 is 0 Å². The zero-order valence-corrected chi connectivity index (χ0v) is 10.6. The van der Waals surface area contributed by atoms with E-state index in [1.807, 2.05) is 38.1 Å². The van der Waals surface area contributed by atoms with Gasteiger partial charge in [-0.25, -0.2) is 4.99 Å². The number of thioether (sulfide) groups is 1. The van der Waals surface area contributed by atoms with Gasteiger partial charge in [0.05, 0.1) is 17.5 Å². The predicted octanol–water partition coefficient (Wildman–Crippen LogP) is 2.32. The second-order valence-electron chi connectivity index (χ2n) is 3.59. The normalized spacial score (nSPS) is 21.6. The zero-order valence-electron chi connectivity index (χ0n) is 9.77. The first-order chi connectivity index (χ1) is 8.19. The third kappa shape index (κ3) is 3.00. The van der Waals surface area contributed by atoms with E-state index in [0.29, 0.717) is 11.8 Å². The van der Waals surface area contributed by atoms with Gasteiger partial charge in [-0.2, -0.15) is 0 Å². The highest BCUT2D eigenvalue weighted by Crippen LogP contribution is 2.23. The molecule has 17 heavy (non-hydrogen) atoms. The Morgan fingerprint density at radius 1 is 1.41 bits per heavy atom. The molecule has 0 bridgehead atoms. The lowest BCUT2D eigenvalue weighted by Crippen LogP contribution is -2.23. The lowest BCUT2D eigenvalue weighted by molar-refractivity contribution is -0.118. The number of aliphatic imine (C=N–C) groups is 1. The SMILES string of the molecule is CCOc1ccc(N=C2NC(=O)C(C)S2)cc1. The Hall–Kier alpha value is -1.49. The predicted molar refractivity (Wildman–Crippen MR) is 69.9 cm³/mol. The van der Waals surface area contributed by atoms with Crippen LogP contribution < -0.4 is 10.1 Å². The highest BCUT2D eigenvalue weighted by Gasteiger charge is 2.25. The van der Waals surface area contributed by atoms with Crippen LogP contribution in [-0.4, -0.2) is 22.9 Å². The molecule has 1 N–H and O–H groups in total. The number of amides is 1. The molecular formula is C12H14N2O2S. The topological polar surface area (TPSA) is 50.7 Å². The molecule has 1 aromatic rings. The average molecular weight is 250 g/mol. The second kappa shape index (κ2) is 5.23. The highest BCUT2D eigenvalue weighted by atomic mass is 32.2. The summed E-state index contributed by atoms with van der Waals surface area (Å²) in [6.07, 6.45) is 0. The van der Waals surface area contributed by atoms with Gasteiger partial charge in [0.15, 0.2) is 5.17 Å². The molecule has 1 aliphatic heterocycles. The molecule has 1 unspecified atom stereocenters. The van der Waals surface area contributed by atoms with Crippen LogP contribution in [-0.2, 0) is 4.79 Å². The van der Waals surface area contributed by atoms with Crippen molar-refractivity contribution >= 4 is 28.5 Å². The molecule has 0 aromatic heterocycles. The van der Waals surface area contributed by atoms with Crippen LogP contribution in [0, 0.1) is 0 Å². The van der Waals surface area contributed by atoms with E-state index in [9.17, 15) is 4.79 Å². The zero-order chi connectivity index (χ0) is 12.3. The Kier molecular flexibility index (Phi) is 3.68. The Labute approximate surface area is 104 Å². The van der Waals surface area contributed by atoms with Crippen LogP contribution in [0.1, 0.15) is 13.8 Å². The van der Waals surface area contributed by atoms with Crippen LogP contribution in [0.25, 0.3) is 0 Å².